The minimum atomic E-state index is -0.324. The molecule has 0 bridgehead atoms. The van der Waals surface area contributed by atoms with Gasteiger partial charge in [0, 0.05) is 25.2 Å². The van der Waals surface area contributed by atoms with Crippen molar-refractivity contribution in [2.45, 2.75) is 38.8 Å². The molecule has 31 heavy (non-hydrogen) atoms. The summed E-state index contributed by atoms with van der Waals surface area (Å²) in [4.78, 5) is 14.7. The minimum Gasteiger partial charge on any atom is -0.439 e. The van der Waals surface area contributed by atoms with Crippen molar-refractivity contribution in [2.24, 2.45) is 7.05 Å². The van der Waals surface area contributed by atoms with Gasteiger partial charge in [0.1, 0.15) is 17.3 Å². The number of halogens is 1. The Kier molecular flexibility index (Phi) is 6.21. The van der Waals surface area contributed by atoms with Crippen LogP contribution in [0, 0.1) is 5.82 Å². The molecule has 0 saturated heterocycles. The van der Waals surface area contributed by atoms with E-state index in [2.05, 4.69) is 5.32 Å². The third-order valence-corrected chi connectivity index (χ3v) is 5.27. The molecule has 162 valence electrons. The molecule has 0 unspecified atom stereocenters. The van der Waals surface area contributed by atoms with E-state index in [1.165, 1.54) is 12.1 Å². The molecule has 0 aliphatic heterocycles. The fourth-order valence-electron chi connectivity index (χ4n) is 3.52. The SMILES string of the molecule is CCCNC(=O)N(Cc1c(-c2ccccc2)nn(C)c1Oc1ccc(F)cc1)C1CC1. The molecule has 2 amide bonds. The van der Waals surface area contributed by atoms with Crippen LogP contribution in [0.5, 0.6) is 11.6 Å². The number of urea groups is 1. The summed E-state index contributed by atoms with van der Waals surface area (Å²) in [5.74, 6) is 0.730. The van der Waals surface area contributed by atoms with Crippen molar-refractivity contribution in [3.05, 3.63) is 66.0 Å². The second kappa shape index (κ2) is 9.20. The van der Waals surface area contributed by atoms with Gasteiger partial charge in [-0.1, -0.05) is 37.3 Å². The van der Waals surface area contributed by atoms with Gasteiger partial charge in [0.25, 0.3) is 0 Å². The Morgan fingerprint density at radius 3 is 2.55 bits per heavy atom. The molecule has 1 saturated carbocycles. The molecule has 0 spiro atoms. The Balaban J connectivity index is 1.72. The number of aryl methyl sites for hydroxylation is 1. The van der Waals surface area contributed by atoms with Crippen LogP contribution in [-0.2, 0) is 13.6 Å². The Labute approximate surface area is 181 Å². The number of hydrogen-bond donors (Lipinski definition) is 1. The zero-order valence-corrected chi connectivity index (χ0v) is 17.8. The van der Waals surface area contributed by atoms with Gasteiger partial charge in [-0.2, -0.15) is 5.10 Å². The second-order valence-corrected chi connectivity index (χ2v) is 7.77. The summed E-state index contributed by atoms with van der Waals surface area (Å²) in [6.45, 7) is 3.05. The van der Waals surface area contributed by atoms with Crippen LogP contribution in [0.1, 0.15) is 31.7 Å². The van der Waals surface area contributed by atoms with Gasteiger partial charge in [-0.05, 0) is 43.5 Å². The molecule has 1 N–H and O–H groups in total. The standard InChI is InChI=1S/C24H27FN4O2/c1-3-15-26-24(30)29(19-11-12-19)16-21-22(17-7-5-4-6-8-17)27-28(2)23(21)31-20-13-9-18(25)10-14-20/h4-10,13-14,19H,3,11-12,15-16H2,1-2H3,(H,26,30). The third-order valence-electron chi connectivity index (χ3n) is 5.27. The molecule has 1 aliphatic rings. The molecule has 2 aromatic carbocycles. The van der Waals surface area contributed by atoms with Crippen LogP contribution < -0.4 is 10.1 Å². The maximum absolute atomic E-state index is 13.3. The van der Waals surface area contributed by atoms with Crippen molar-refractivity contribution in [1.29, 1.82) is 0 Å². The predicted molar refractivity (Wildman–Crippen MR) is 117 cm³/mol. The van der Waals surface area contributed by atoms with Crippen LogP contribution in [0.15, 0.2) is 54.6 Å². The first-order valence-corrected chi connectivity index (χ1v) is 10.7. The Hall–Kier alpha value is -3.35. The van der Waals surface area contributed by atoms with Crippen LogP contribution in [0.25, 0.3) is 11.3 Å². The number of carbonyl (C=O) groups excluding carboxylic acids is 1. The molecule has 1 heterocycles. The zero-order chi connectivity index (χ0) is 21.8. The van der Waals surface area contributed by atoms with E-state index in [0.29, 0.717) is 24.7 Å². The van der Waals surface area contributed by atoms with Gasteiger partial charge in [0.2, 0.25) is 5.88 Å². The average Bonchev–Trinajstić information content (AvgIpc) is 3.58. The molecule has 7 heteroatoms. The number of aromatic nitrogens is 2. The maximum Gasteiger partial charge on any atom is 0.317 e. The van der Waals surface area contributed by atoms with Gasteiger partial charge in [-0.15, -0.1) is 0 Å². The Morgan fingerprint density at radius 2 is 1.90 bits per heavy atom. The minimum absolute atomic E-state index is 0.0695. The first-order valence-electron chi connectivity index (χ1n) is 10.7. The number of carbonyl (C=O) groups is 1. The molecular formula is C24H27FN4O2. The van der Waals surface area contributed by atoms with Gasteiger partial charge < -0.3 is 15.0 Å². The van der Waals surface area contributed by atoms with Crippen molar-refractivity contribution in [3.8, 4) is 22.9 Å². The van der Waals surface area contributed by atoms with E-state index in [9.17, 15) is 9.18 Å². The zero-order valence-electron chi connectivity index (χ0n) is 17.8. The van der Waals surface area contributed by atoms with Crippen LogP contribution >= 0.6 is 0 Å². The quantitative estimate of drug-likeness (QED) is 0.549. The van der Waals surface area contributed by atoms with Crippen molar-refractivity contribution in [3.63, 3.8) is 0 Å². The number of nitrogens with zero attached hydrogens (tertiary/aromatic N) is 3. The Morgan fingerprint density at radius 1 is 1.19 bits per heavy atom. The largest absolute Gasteiger partial charge is 0.439 e. The number of benzene rings is 2. The van der Waals surface area contributed by atoms with Gasteiger partial charge >= 0.3 is 6.03 Å². The second-order valence-electron chi connectivity index (χ2n) is 7.77. The van der Waals surface area contributed by atoms with E-state index < -0.39 is 0 Å². The number of ether oxygens (including phenoxy) is 1. The first-order chi connectivity index (χ1) is 15.1. The highest BCUT2D eigenvalue weighted by Crippen LogP contribution is 2.37. The lowest BCUT2D eigenvalue weighted by Gasteiger charge is -2.23. The molecule has 6 nitrogen and oxygen atoms in total. The lowest BCUT2D eigenvalue weighted by molar-refractivity contribution is 0.191. The lowest BCUT2D eigenvalue weighted by Crippen LogP contribution is -2.41. The summed E-state index contributed by atoms with van der Waals surface area (Å²) in [5, 5.41) is 7.70. The fourth-order valence-corrected chi connectivity index (χ4v) is 3.52. The van der Waals surface area contributed by atoms with Gasteiger partial charge in [-0.3, -0.25) is 0 Å². The summed E-state index contributed by atoms with van der Waals surface area (Å²) in [6, 6.07) is 15.9. The smallest absolute Gasteiger partial charge is 0.317 e. The van der Waals surface area contributed by atoms with E-state index in [0.717, 1.165) is 36.1 Å². The van der Waals surface area contributed by atoms with E-state index in [1.54, 1.807) is 16.8 Å². The normalized spacial score (nSPS) is 13.1. The maximum atomic E-state index is 13.3. The highest BCUT2D eigenvalue weighted by Gasteiger charge is 2.34. The molecule has 1 aliphatic carbocycles. The topological polar surface area (TPSA) is 59.4 Å². The van der Waals surface area contributed by atoms with Gasteiger partial charge in [0.05, 0.1) is 12.1 Å². The number of rotatable bonds is 8. The predicted octanol–water partition coefficient (Wildman–Crippen LogP) is 5.10. The molecule has 4 rings (SSSR count). The first kappa shape index (κ1) is 20.9. The molecule has 0 atom stereocenters. The molecule has 3 aromatic rings. The molecule has 1 aromatic heterocycles. The summed E-state index contributed by atoms with van der Waals surface area (Å²) < 4.78 is 21.2. The van der Waals surface area contributed by atoms with Crippen LogP contribution in [0.4, 0.5) is 9.18 Å². The number of hydrogen-bond acceptors (Lipinski definition) is 3. The summed E-state index contributed by atoms with van der Waals surface area (Å²) >= 11 is 0. The highest BCUT2D eigenvalue weighted by atomic mass is 19.1. The highest BCUT2D eigenvalue weighted by molar-refractivity contribution is 5.76. The molecular weight excluding hydrogens is 395 g/mol. The van der Waals surface area contributed by atoms with E-state index >= 15 is 0 Å². The number of amides is 2. The molecule has 1 fully saturated rings. The van der Waals surface area contributed by atoms with Gasteiger partial charge in [0.15, 0.2) is 0 Å². The average molecular weight is 423 g/mol. The fraction of sp³-hybridized carbons (Fsp3) is 0.333. The Bertz CT molecular complexity index is 1030. The molecule has 0 radical (unpaired) electrons. The van der Waals surface area contributed by atoms with E-state index in [4.69, 9.17) is 9.84 Å². The summed E-state index contributed by atoms with van der Waals surface area (Å²) in [7, 11) is 1.81. The van der Waals surface area contributed by atoms with Crippen LogP contribution in [0.2, 0.25) is 0 Å². The number of nitrogens with one attached hydrogen (secondary N) is 1. The van der Waals surface area contributed by atoms with E-state index in [1.807, 2.05) is 49.2 Å². The van der Waals surface area contributed by atoms with E-state index in [-0.39, 0.29) is 17.9 Å². The van der Waals surface area contributed by atoms with Crippen molar-refractivity contribution in [1.82, 2.24) is 20.0 Å². The summed E-state index contributed by atoms with van der Waals surface area (Å²) in [6.07, 6.45) is 2.87. The van der Waals surface area contributed by atoms with Gasteiger partial charge in [-0.25, -0.2) is 13.9 Å². The van der Waals surface area contributed by atoms with Crippen LogP contribution in [0.3, 0.4) is 0 Å². The van der Waals surface area contributed by atoms with Crippen LogP contribution in [-0.4, -0.2) is 33.3 Å². The summed E-state index contributed by atoms with van der Waals surface area (Å²) in [5.41, 5.74) is 2.55. The van der Waals surface area contributed by atoms with Crippen molar-refractivity contribution in [2.75, 3.05) is 6.54 Å². The van der Waals surface area contributed by atoms with Crippen molar-refractivity contribution >= 4 is 6.03 Å². The third kappa shape index (κ3) is 4.87. The monoisotopic (exact) mass is 422 g/mol. The lowest BCUT2D eigenvalue weighted by atomic mass is 10.1. The van der Waals surface area contributed by atoms with Crippen molar-refractivity contribution < 1.29 is 13.9 Å².